The molecule has 12 aromatic rings. The molecule has 0 atom stereocenters. The van der Waals surface area contributed by atoms with Gasteiger partial charge in [0.2, 0.25) is 0 Å². The predicted octanol–water partition coefficient (Wildman–Crippen LogP) is 19.1. The molecular formula is C72H41N3O4S2. The molecule has 10 aromatic carbocycles. The Bertz CT molecular complexity index is 4660. The number of allylic oxidation sites excluding steroid dienone is 2. The van der Waals surface area contributed by atoms with Crippen molar-refractivity contribution in [2.75, 3.05) is 14.7 Å². The van der Waals surface area contributed by atoms with Crippen molar-refractivity contribution in [3.8, 4) is 33.4 Å². The van der Waals surface area contributed by atoms with Gasteiger partial charge in [-0.15, -0.1) is 22.7 Å². The Labute approximate surface area is 473 Å². The highest BCUT2D eigenvalue weighted by atomic mass is 32.1. The molecule has 0 saturated carbocycles. The number of thiophene rings is 2. The number of fused-ring (bicyclic) bond motifs is 11. The van der Waals surface area contributed by atoms with Crippen LogP contribution in [-0.4, -0.2) is 23.1 Å². The summed E-state index contributed by atoms with van der Waals surface area (Å²) >= 11 is 3.09. The molecule has 0 amide bonds. The van der Waals surface area contributed by atoms with E-state index in [4.69, 9.17) is 0 Å². The molecule has 7 nitrogen and oxygen atoms in total. The zero-order valence-corrected chi connectivity index (χ0v) is 44.6. The summed E-state index contributed by atoms with van der Waals surface area (Å²) in [6, 6.07) is 80.1. The predicted molar refractivity (Wildman–Crippen MR) is 331 cm³/mol. The molecule has 0 unspecified atom stereocenters. The summed E-state index contributed by atoms with van der Waals surface area (Å²) in [4.78, 5) is 64.3. The monoisotopic (exact) mass is 1080 g/mol. The van der Waals surface area contributed by atoms with Crippen LogP contribution in [0.3, 0.4) is 0 Å². The smallest absolute Gasteiger partial charge is 0.197 e. The van der Waals surface area contributed by atoms with Crippen LogP contribution in [0.2, 0.25) is 0 Å². The quantitative estimate of drug-likeness (QED) is 0.121. The third-order valence-corrected chi connectivity index (χ3v) is 18.1. The lowest BCUT2D eigenvalue weighted by atomic mass is 9.95. The molecule has 81 heavy (non-hydrogen) atoms. The van der Waals surface area contributed by atoms with E-state index >= 15 is 0 Å². The van der Waals surface area contributed by atoms with Gasteiger partial charge >= 0.3 is 0 Å². The maximum atomic E-state index is 14.3. The fourth-order valence-corrected chi connectivity index (χ4v) is 14.2. The Balaban J connectivity index is 0.676. The van der Waals surface area contributed by atoms with Crippen LogP contribution >= 0.6 is 22.7 Å². The number of carbonyl (C=O) groups excluding carboxylic acids is 4. The lowest BCUT2D eigenvalue weighted by molar-refractivity contribution is 0.0975. The number of hydrogen-bond donors (Lipinski definition) is 0. The molecule has 380 valence electrons. The largest absolute Gasteiger partial charge is 0.306 e. The van der Waals surface area contributed by atoms with Gasteiger partial charge in [-0.1, -0.05) is 133 Å². The zero-order valence-electron chi connectivity index (χ0n) is 43.0. The number of rotatable bonds is 6. The minimum atomic E-state index is -0.266. The van der Waals surface area contributed by atoms with Gasteiger partial charge in [0.05, 0.1) is 45.3 Å². The summed E-state index contributed by atoms with van der Waals surface area (Å²) in [7, 11) is 0. The highest BCUT2D eigenvalue weighted by Gasteiger charge is 2.37. The van der Waals surface area contributed by atoms with Gasteiger partial charge in [0.1, 0.15) is 10.0 Å². The van der Waals surface area contributed by atoms with Crippen LogP contribution in [-0.2, 0) is 0 Å². The van der Waals surface area contributed by atoms with Gasteiger partial charge in [-0.3, -0.25) is 24.1 Å². The Kier molecular flexibility index (Phi) is 10.5. The van der Waals surface area contributed by atoms with E-state index in [2.05, 4.69) is 160 Å². The molecule has 2 aliphatic heterocycles. The first kappa shape index (κ1) is 46.7. The molecule has 0 saturated heterocycles. The van der Waals surface area contributed by atoms with Crippen LogP contribution in [0.25, 0.3) is 67.1 Å². The molecule has 9 heteroatoms. The fraction of sp³-hybridized carbons (Fsp3) is 0. The van der Waals surface area contributed by atoms with E-state index in [1.54, 1.807) is 23.5 Å². The first-order valence-corrected chi connectivity index (χ1v) is 28.3. The average molecular weight is 1080 g/mol. The van der Waals surface area contributed by atoms with E-state index in [-0.39, 0.29) is 34.3 Å². The van der Waals surface area contributed by atoms with Gasteiger partial charge in [0, 0.05) is 48.8 Å². The van der Waals surface area contributed by atoms with Crippen molar-refractivity contribution in [2.45, 2.75) is 0 Å². The number of benzene rings is 10. The minimum absolute atomic E-state index is 0.172. The van der Waals surface area contributed by atoms with E-state index in [1.807, 2.05) is 91.0 Å². The highest BCUT2D eigenvalue weighted by Crippen LogP contribution is 2.56. The fourth-order valence-electron chi connectivity index (χ4n) is 12.3. The molecule has 2 aliphatic carbocycles. The molecule has 0 radical (unpaired) electrons. The minimum Gasteiger partial charge on any atom is -0.306 e. The summed E-state index contributed by atoms with van der Waals surface area (Å²) in [5.74, 6) is -1.02. The van der Waals surface area contributed by atoms with Crippen molar-refractivity contribution in [2.24, 2.45) is 0 Å². The van der Waals surface area contributed by atoms with Gasteiger partial charge < -0.3 is 9.80 Å². The Morgan fingerprint density at radius 3 is 1.10 bits per heavy atom. The Morgan fingerprint density at radius 2 is 0.630 bits per heavy atom. The van der Waals surface area contributed by atoms with Gasteiger partial charge in [-0.2, -0.15) is 0 Å². The molecule has 0 fully saturated rings. The standard InChI is InChI=1S/C72H41N3O4S2/c76-69-55-36-43-13-1-2-14-44(43)37-56(55)70(77)59(69)41-50-32-34-68(81-50)75-65-23-11-9-21-63(65)73(64-22-10-12-24-66(64)75)48-29-27-42(28-30-48)45-25-26-46-38-57-58(39-47(46)35-45)72(79)60(71(57)78)40-49-31-33-67(80-49)74-61-19-7-5-17-53(61)51-15-3-4-16-52(51)54-18-6-8-20-62(54)74/h1-41H/b60-40+. The second kappa shape index (κ2) is 18.1. The van der Waals surface area contributed by atoms with Crippen molar-refractivity contribution >= 4 is 129 Å². The highest BCUT2D eigenvalue weighted by molar-refractivity contribution is 7.17. The van der Waals surface area contributed by atoms with Crippen LogP contribution in [0.5, 0.6) is 0 Å². The number of hydrogen-bond acceptors (Lipinski definition) is 9. The lowest BCUT2D eigenvalue weighted by Crippen LogP contribution is -2.23. The van der Waals surface area contributed by atoms with E-state index in [9.17, 15) is 19.2 Å². The number of carbonyl (C=O) groups is 4. The number of ketones is 4. The lowest BCUT2D eigenvalue weighted by Gasteiger charge is -2.39. The Morgan fingerprint density at radius 1 is 0.272 bits per heavy atom. The van der Waals surface area contributed by atoms with Crippen LogP contribution < -0.4 is 14.7 Å². The maximum Gasteiger partial charge on any atom is 0.197 e. The van der Waals surface area contributed by atoms with E-state index in [0.717, 1.165) is 103 Å². The molecule has 16 rings (SSSR count). The maximum absolute atomic E-state index is 14.3. The number of anilines is 9. The van der Waals surface area contributed by atoms with Crippen molar-refractivity contribution < 1.29 is 19.2 Å². The van der Waals surface area contributed by atoms with Crippen molar-refractivity contribution in [1.82, 2.24) is 0 Å². The third kappa shape index (κ3) is 7.33. The summed E-state index contributed by atoms with van der Waals surface area (Å²) in [6.45, 7) is 0. The van der Waals surface area contributed by atoms with Crippen LogP contribution in [0, 0.1) is 0 Å². The summed E-state index contributed by atoms with van der Waals surface area (Å²) in [6.07, 6.45) is 3.51. The summed E-state index contributed by atoms with van der Waals surface area (Å²) in [5, 5.41) is 5.55. The summed E-state index contributed by atoms with van der Waals surface area (Å²) in [5.41, 5.74) is 15.8. The first-order chi connectivity index (χ1) is 39.8. The number of para-hydroxylation sites is 6. The molecular weight excluding hydrogens is 1030 g/mol. The van der Waals surface area contributed by atoms with Crippen LogP contribution in [0.15, 0.2) is 248 Å². The number of nitrogens with zero attached hydrogens (tertiary/aromatic N) is 3. The van der Waals surface area contributed by atoms with Crippen LogP contribution in [0.4, 0.5) is 49.8 Å². The zero-order chi connectivity index (χ0) is 54.0. The summed E-state index contributed by atoms with van der Waals surface area (Å²) < 4.78 is 0. The number of Topliss-reactive ketones (excluding diaryl/α,β-unsaturated/α-hetero) is 4. The second-order valence-corrected chi connectivity index (χ2v) is 22.8. The molecule has 0 N–H and O–H groups in total. The molecule has 0 spiro atoms. The van der Waals surface area contributed by atoms with Crippen molar-refractivity contribution in [3.05, 3.63) is 280 Å². The van der Waals surface area contributed by atoms with Crippen molar-refractivity contribution in [3.63, 3.8) is 0 Å². The van der Waals surface area contributed by atoms with Crippen molar-refractivity contribution in [1.29, 1.82) is 0 Å². The molecule has 0 bridgehead atoms. The normalized spacial score (nSPS) is 14.4. The Hall–Kier alpha value is -10.3. The van der Waals surface area contributed by atoms with Gasteiger partial charge in [-0.05, 0) is 159 Å². The van der Waals surface area contributed by atoms with Gasteiger partial charge in [-0.25, -0.2) is 0 Å². The van der Waals surface area contributed by atoms with Gasteiger partial charge in [0.25, 0.3) is 0 Å². The third-order valence-electron chi connectivity index (χ3n) is 16.0. The van der Waals surface area contributed by atoms with Gasteiger partial charge in [0.15, 0.2) is 23.1 Å². The van der Waals surface area contributed by atoms with Crippen LogP contribution in [0.1, 0.15) is 51.2 Å². The SMILES string of the molecule is O=C1C(=Cc2ccc(N3c4ccccc4N(c4ccc(-c5ccc6cc7c(cc6c5)C(=O)/C(=C/c5ccc(N6c8ccccc8-c8ccccc8-c8ccccc86)s5)C7=O)cc4)c4ccccc43)s2)C(=O)c2cc3ccccc3cc21. The van der Waals surface area contributed by atoms with E-state index in [1.165, 1.54) is 22.5 Å². The topological polar surface area (TPSA) is 78.0 Å². The average Bonchev–Trinajstić information content (AvgIpc) is 4.12. The first-order valence-electron chi connectivity index (χ1n) is 26.7. The molecule has 4 aliphatic rings. The second-order valence-electron chi connectivity index (χ2n) is 20.6. The molecule has 2 aromatic heterocycles. The van der Waals surface area contributed by atoms with E-state index < -0.39 is 0 Å². The van der Waals surface area contributed by atoms with E-state index in [0.29, 0.717) is 22.3 Å². The molecule has 4 heterocycles.